The molecule has 4 rings (SSSR count). The first-order valence-electron chi connectivity index (χ1n) is 8.72. The topological polar surface area (TPSA) is 64.9 Å². The fraction of sp³-hybridized carbons (Fsp3) is 0.150. The van der Waals surface area contributed by atoms with Gasteiger partial charge >= 0.3 is 0 Å². The van der Waals surface area contributed by atoms with E-state index in [1.807, 2.05) is 42.7 Å². The molecule has 6 nitrogen and oxygen atoms in total. The SMILES string of the molecule is COc1ccccc1Nc1nnc(SCc2nccn2Cc2ccccc2)s1. The Morgan fingerprint density at radius 2 is 1.89 bits per heavy atom. The van der Waals surface area contributed by atoms with Gasteiger partial charge in [0.15, 0.2) is 4.34 Å². The zero-order chi connectivity index (χ0) is 19.2. The number of thioether (sulfide) groups is 1. The van der Waals surface area contributed by atoms with Gasteiger partial charge in [0.25, 0.3) is 0 Å². The first-order valence-corrected chi connectivity index (χ1v) is 10.5. The highest BCUT2D eigenvalue weighted by Crippen LogP contribution is 2.32. The predicted molar refractivity (Wildman–Crippen MR) is 114 cm³/mol. The van der Waals surface area contributed by atoms with Crippen molar-refractivity contribution in [1.82, 2.24) is 19.7 Å². The lowest BCUT2D eigenvalue weighted by molar-refractivity contribution is 0.417. The molecule has 28 heavy (non-hydrogen) atoms. The highest BCUT2D eigenvalue weighted by atomic mass is 32.2. The van der Waals surface area contributed by atoms with Crippen LogP contribution in [0.1, 0.15) is 11.4 Å². The molecule has 0 aliphatic heterocycles. The molecule has 0 amide bonds. The summed E-state index contributed by atoms with van der Waals surface area (Å²) in [4.78, 5) is 4.49. The van der Waals surface area contributed by atoms with Gasteiger partial charge in [-0.3, -0.25) is 0 Å². The molecule has 0 aliphatic rings. The molecule has 2 aromatic carbocycles. The Balaban J connectivity index is 1.38. The molecule has 2 aromatic heterocycles. The van der Waals surface area contributed by atoms with Crippen molar-refractivity contribution in [3.63, 3.8) is 0 Å². The average Bonchev–Trinajstić information content (AvgIpc) is 3.37. The second-order valence-corrected chi connectivity index (χ2v) is 8.14. The van der Waals surface area contributed by atoms with Crippen LogP contribution in [-0.2, 0) is 12.3 Å². The van der Waals surface area contributed by atoms with Crippen molar-refractivity contribution < 1.29 is 4.74 Å². The average molecular weight is 410 g/mol. The molecular weight excluding hydrogens is 390 g/mol. The van der Waals surface area contributed by atoms with E-state index in [4.69, 9.17) is 4.74 Å². The number of anilines is 2. The molecule has 0 bridgehead atoms. The van der Waals surface area contributed by atoms with Crippen molar-refractivity contribution in [2.45, 2.75) is 16.6 Å². The second-order valence-electron chi connectivity index (χ2n) is 5.94. The number of nitrogens with zero attached hydrogens (tertiary/aromatic N) is 4. The number of aromatic nitrogens is 4. The largest absolute Gasteiger partial charge is 0.495 e. The summed E-state index contributed by atoms with van der Waals surface area (Å²) >= 11 is 3.15. The number of rotatable bonds is 8. The van der Waals surface area contributed by atoms with Crippen molar-refractivity contribution in [2.75, 3.05) is 12.4 Å². The number of hydrogen-bond donors (Lipinski definition) is 1. The zero-order valence-electron chi connectivity index (χ0n) is 15.3. The minimum Gasteiger partial charge on any atom is -0.495 e. The van der Waals surface area contributed by atoms with E-state index in [0.29, 0.717) is 0 Å². The van der Waals surface area contributed by atoms with Crippen LogP contribution in [-0.4, -0.2) is 26.9 Å². The van der Waals surface area contributed by atoms with Crippen LogP contribution in [0.5, 0.6) is 5.75 Å². The molecule has 0 fully saturated rings. The van der Waals surface area contributed by atoms with E-state index < -0.39 is 0 Å². The van der Waals surface area contributed by atoms with Crippen molar-refractivity contribution in [3.8, 4) is 5.75 Å². The highest BCUT2D eigenvalue weighted by Gasteiger charge is 2.10. The summed E-state index contributed by atoms with van der Waals surface area (Å²) in [6, 6.07) is 18.1. The maximum atomic E-state index is 5.36. The summed E-state index contributed by atoms with van der Waals surface area (Å²) in [6.07, 6.45) is 3.85. The third-order valence-corrected chi connectivity index (χ3v) is 6.05. The van der Waals surface area contributed by atoms with Crippen LogP contribution in [0, 0.1) is 0 Å². The summed E-state index contributed by atoms with van der Waals surface area (Å²) in [5, 5.41) is 12.5. The smallest absolute Gasteiger partial charge is 0.210 e. The van der Waals surface area contributed by atoms with Crippen LogP contribution in [0.25, 0.3) is 0 Å². The summed E-state index contributed by atoms with van der Waals surface area (Å²) in [5.41, 5.74) is 2.13. The molecule has 8 heteroatoms. The second kappa shape index (κ2) is 8.90. The number of methoxy groups -OCH3 is 1. The van der Waals surface area contributed by atoms with Gasteiger partial charge in [0.05, 0.1) is 18.6 Å². The molecule has 0 unspecified atom stereocenters. The number of nitrogens with one attached hydrogen (secondary N) is 1. The molecule has 0 radical (unpaired) electrons. The maximum absolute atomic E-state index is 5.36. The number of hydrogen-bond acceptors (Lipinski definition) is 7. The van der Waals surface area contributed by atoms with E-state index >= 15 is 0 Å². The maximum Gasteiger partial charge on any atom is 0.210 e. The van der Waals surface area contributed by atoms with Crippen molar-refractivity contribution in [3.05, 3.63) is 78.4 Å². The third kappa shape index (κ3) is 4.52. The zero-order valence-corrected chi connectivity index (χ0v) is 16.9. The molecule has 4 aromatic rings. The summed E-state index contributed by atoms with van der Waals surface area (Å²) in [5.74, 6) is 2.53. The predicted octanol–water partition coefficient (Wildman–Crippen LogP) is 4.83. The van der Waals surface area contributed by atoms with Crippen LogP contribution in [0.2, 0.25) is 0 Å². The molecule has 142 valence electrons. The molecule has 0 spiro atoms. The van der Waals surface area contributed by atoms with Crippen LogP contribution >= 0.6 is 23.1 Å². The van der Waals surface area contributed by atoms with Crippen LogP contribution < -0.4 is 10.1 Å². The van der Waals surface area contributed by atoms with E-state index in [1.54, 1.807) is 18.9 Å². The first-order chi connectivity index (χ1) is 13.8. The normalized spacial score (nSPS) is 10.8. The molecule has 0 atom stereocenters. The van der Waals surface area contributed by atoms with Crippen LogP contribution in [0.4, 0.5) is 10.8 Å². The van der Waals surface area contributed by atoms with Gasteiger partial charge in [0.2, 0.25) is 5.13 Å². The van der Waals surface area contributed by atoms with Crippen LogP contribution in [0.15, 0.2) is 71.3 Å². The number of ether oxygens (including phenoxy) is 1. The molecule has 1 N–H and O–H groups in total. The van der Waals surface area contributed by atoms with E-state index in [0.717, 1.165) is 39.0 Å². The summed E-state index contributed by atoms with van der Waals surface area (Å²) < 4.78 is 8.42. The van der Waals surface area contributed by atoms with Gasteiger partial charge in [-0.1, -0.05) is 65.6 Å². The van der Waals surface area contributed by atoms with E-state index in [2.05, 4.69) is 49.3 Å². The number of para-hydroxylation sites is 2. The lowest BCUT2D eigenvalue weighted by Crippen LogP contribution is -2.03. The van der Waals surface area contributed by atoms with Gasteiger partial charge in [-0.2, -0.15) is 0 Å². The lowest BCUT2D eigenvalue weighted by Gasteiger charge is -2.07. The molecule has 2 heterocycles. The molecule has 0 aliphatic carbocycles. The van der Waals surface area contributed by atoms with Gasteiger partial charge < -0.3 is 14.6 Å². The van der Waals surface area contributed by atoms with Gasteiger partial charge in [0, 0.05) is 18.9 Å². The minimum atomic E-state index is 0.736. The third-order valence-electron chi connectivity index (χ3n) is 4.08. The van der Waals surface area contributed by atoms with E-state index in [1.165, 1.54) is 16.9 Å². The van der Waals surface area contributed by atoms with Gasteiger partial charge in [-0.25, -0.2) is 4.98 Å². The van der Waals surface area contributed by atoms with Crippen molar-refractivity contribution in [2.24, 2.45) is 0 Å². The Labute approximate surface area is 171 Å². The summed E-state index contributed by atoms with van der Waals surface area (Å²) in [6.45, 7) is 0.813. The first kappa shape index (κ1) is 18.5. The minimum absolute atomic E-state index is 0.736. The Hall–Kier alpha value is -2.84. The summed E-state index contributed by atoms with van der Waals surface area (Å²) in [7, 11) is 1.65. The highest BCUT2D eigenvalue weighted by molar-refractivity contribution is 8.00. The molecule has 0 saturated carbocycles. The fourth-order valence-corrected chi connectivity index (χ4v) is 4.44. The number of imidazole rings is 1. The Bertz CT molecular complexity index is 1030. The van der Waals surface area contributed by atoms with E-state index in [9.17, 15) is 0 Å². The number of benzene rings is 2. The van der Waals surface area contributed by atoms with Crippen LogP contribution in [0.3, 0.4) is 0 Å². The van der Waals surface area contributed by atoms with E-state index in [-0.39, 0.29) is 0 Å². The standard InChI is InChI=1S/C20H19N5OS2/c1-26-17-10-6-5-9-16(17)22-19-23-24-20(28-19)27-14-18-21-11-12-25(18)13-15-7-3-2-4-8-15/h2-12H,13-14H2,1H3,(H,22,23). The van der Waals surface area contributed by atoms with Gasteiger partial charge in [-0.15, -0.1) is 10.2 Å². The Morgan fingerprint density at radius 1 is 1.07 bits per heavy atom. The Kier molecular flexibility index (Phi) is 5.89. The lowest BCUT2D eigenvalue weighted by atomic mass is 10.2. The van der Waals surface area contributed by atoms with Crippen molar-refractivity contribution in [1.29, 1.82) is 0 Å². The molecular formula is C20H19N5OS2. The van der Waals surface area contributed by atoms with Gasteiger partial charge in [-0.05, 0) is 17.7 Å². The quantitative estimate of drug-likeness (QED) is 0.421. The fourth-order valence-electron chi connectivity index (χ4n) is 2.71. The van der Waals surface area contributed by atoms with Crippen molar-refractivity contribution >= 4 is 33.9 Å². The Morgan fingerprint density at radius 3 is 2.75 bits per heavy atom. The molecule has 0 saturated heterocycles. The monoisotopic (exact) mass is 409 g/mol. The van der Waals surface area contributed by atoms with Gasteiger partial charge in [0.1, 0.15) is 11.6 Å².